The number of anilines is 1. The van der Waals surface area contributed by atoms with Crippen molar-refractivity contribution in [3.8, 4) is 0 Å². The first-order chi connectivity index (χ1) is 7.74. The molecule has 1 atom stereocenters. The molecule has 0 saturated heterocycles. The van der Waals surface area contributed by atoms with Crippen molar-refractivity contribution in [2.45, 2.75) is 32.9 Å². The summed E-state index contributed by atoms with van der Waals surface area (Å²) in [6.07, 6.45) is 0.979. The van der Waals surface area contributed by atoms with Gasteiger partial charge in [0.2, 0.25) is 5.91 Å². The van der Waals surface area contributed by atoms with Crippen LogP contribution in [0.4, 0.5) is 5.69 Å². The van der Waals surface area contributed by atoms with Crippen LogP contribution < -0.4 is 10.2 Å². The highest BCUT2D eigenvalue weighted by molar-refractivity contribution is 5.98. The Bertz CT molecular complexity index is 389. The molecule has 1 aromatic carbocycles. The first-order valence-electron chi connectivity index (χ1n) is 5.86. The van der Waals surface area contributed by atoms with E-state index in [-0.39, 0.29) is 11.9 Å². The van der Waals surface area contributed by atoms with Gasteiger partial charge < -0.3 is 10.2 Å². The molecule has 1 unspecified atom stereocenters. The molecule has 3 nitrogen and oxygen atoms in total. The van der Waals surface area contributed by atoms with Crippen LogP contribution in [0.5, 0.6) is 0 Å². The summed E-state index contributed by atoms with van der Waals surface area (Å²) in [6, 6.07) is 8.02. The van der Waals surface area contributed by atoms with Crippen LogP contribution in [0.1, 0.15) is 25.8 Å². The van der Waals surface area contributed by atoms with Gasteiger partial charge in [-0.1, -0.05) is 25.1 Å². The summed E-state index contributed by atoms with van der Waals surface area (Å²) < 4.78 is 0. The van der Waals surface area contributed by atoms with Gasteiger partial charge in [-0.3, -0.25) is 4.79 Å². The topological polar surface area (TPSA) is 32.3 Å². The molecule has 1 aromatic rings. The molecule has 1 amide bonds. The van der Waals surface area contributed by atoms with Crippen molar-refractivity contribution in [3.63, 3.8) is 0 Å². The molecule has 1 N–H and O–H groups in total. The van der Waals surface area contributed by atoms with E-state index in [0.29, 0.717) is 0 Å². The third kappa shape index (κ3) is 1.95. The van der Waals surface area contributed by atoms with Gasteiger partial charge in [-0.25, -0.2) is 0 Å². The average molecular weight is 218 g/mol. The molecular formula is C13H18N2O. The van der Waals surface area contributed by atoms with Crippen molar-refractivity contribution in [1.29, 1.82) is 0 Å². The highest BCUT2D eigenvalue weighted by Gasteiger charge is 2.25. The number of nitrogens with zero attached hydrogens (tertiary/aromatic N) is 1. The molecule has 0 aromatic heterocycles. The van der Waals surface area contributed by atoms with Crippen molar-refractivity contribution in [2.75, 3.05) is 11.4 Å². The Morgan fingerprint density at radius 3 is 2.94 bits per heavy atom. The van der Waals surface area contributed by atoms with Crippen LogP contribution in [-0.2, 0) is 11.3 Å². The molecule has 0 radical (unpaired) electrons. The lowest BCUT2D eigenvalue weighted by Gasteiger charge is -2.23. The van der Waals surface area contributed by atoms with Gasteiger partial charge >= 0.3 is 0 Å². The second-order valence-electron chi connectivity index (χ2n) is 4.22. The molecule has 0 fully saturated rings. The maximum Gasteiger partial charge on any atom is 0.243 e. The first-order valence-corrected chi connectivity index (χ1v) is 5.86. The van der Waals surface area contributed by atoms with E-state index >= 15 is 0 Å². The van der Waals surface area contributed by atoms with E-state index in [2.05, 4.69) is 18.3 Å². The zero-order chi connectivity index (χ0) is 11.5. The third-order valence-corrected chi connectivity index (χ3v) is 2.96. The number of amides is 1. The monoisotopic (exact) mass is 218 g/mol. The molecule has 1 aliphatic rings. The van der Waals surface area contributed by atoms with Crippen molar-refractivity contribution >= 4 is 11.6 Å². The van der Waals surface area contributed by atoms with E-state index < -0.39 is 0 Å². The molecule has 0 bridgehead atoms. The molecule has 0 saturated carbocycles. The number of nitrogens with one attached hydrogen (secondary N) is 1. The van der Waals surface area contributed by atoms with Crippen molar-refractivity contribution in [1.82, 2.24) is 5.32 Å². The predicted octanol–water partition coefficient (Wildman–Crippen LogP) is 1.92. The van der Waals surface area contributed by atoms with E-state index in [1.54, 1.807) is 0 Å². The SMILES string of the molecule is CCCN1C(=O)C(C)NCc2ccccc21. The van der Waals surface area contributed by atoms with Crippen LogP contribution in [0, 0.1) is 0 Å². The Hall–Kier alpha value is -1.35. The van der Waals surface area contributed by atoms with Gasteiger partial charge in [-0.2, -0.15) is 0 Å². The van der Waals surface area contributed by atoms with E-state index in [9.17, 15) is 4.79 Å². The largest absolute Gasteiger partial charge is 0.311 e. The molecule has 1 aliphatic heterocycles. The fourth-order valence-electron chi connectivity index (χ4n) is 2.08. The number of carbonyl (C=O) groups excluding carboxylic acids is 1. The highest BCUT2D eigenvalue weighted by Crippen LogP contribution is 2.24. The van der Waals surface area contributed by atoms with Crippen LogP contribution in [0.3, 0.4) is 0 Å². The van der Waals surface area contributed by atoms with Gasteiger partial charge in [0.1, 0.15) is 0 Å². The molecule has 0 aliphatic carbocycles. The summed E-state index contributed by atoms with van der Waals surface area (Å²) in [7, 11) is 0. The molecule has 86 valence electrons. The molecule has 2 rings (SSSR count). The quantitative estimate of drug-likeness (QED) is 0.822. The van der Waals surface area contributed by atoms with Gasteiger partial charge in [-0.15, -0.1) is 0 Å². The lowest BCUT2D eigenvalue weighted by Crippen LogP contribution is -2.42. The van der Waals surface area contributed by atoms with Gasteiger partial charge in [0.25, 0.3) is 0 Å². The Morgan fingerprint density at radius 1 is 1.44 bits per heavy atom. The van der Waals surface area contributed by atoms with E-state index in [4.69, 9.17) is 0 Å². The van der Waals surface area contributed by atoms with Crippen molar-refractivity contribution in [3.05, 3.63) is 29.8 Å². The summed E-state index contributed by atoms with van der Waals surface area (Å²) in [6.45, 7) is 5.58. The normalized spacial score (nSPS) is 20.5. The van der Waals surface area contributed by atoms with Crippen LogP contribution in [-0.4, -0.2) is 18.5 Å². The summed E-state index contributed by atoms with van der Waals surface area (Å²) in [5, 5.41) is 3.25. The molecule has 0 spiro atoms. The number of para-hydroxylation sites is 1. The minimum Gasteiger partial charge on any atom is -0.311 e. The Balaban J connectivity index is 2.41. The van der Waals surface area contributed by atoms with E-state index in [1.165, 1.54) is 5.56 Å². The summed E-state index contributed by atoms with van der Waals surface area (Å²) in [5.41, 5.74) is 2.26. The van der Waals surface area contributed by atoms with Crippen LogP contribution >= 0.6 is 0 Å². The van der Waals surface area contributed by atoms with E-state index in [0.717, 1.165) is 25.2 Å². The minimum atomic E-state index is -0.0982. The summed E-state index contributed by atoms with van der Waals surface area (Å²) in [5.74, 6) is 0.173. The lowest BCUT2D eigenvalue weighted by molar-refractivity contribution is -0.120. The Kier molecular flexibility index (Phi) is 3.25. The molecule has 1 heterocycles. The second kappa shape index (κ2) is 4.66. The van der Waals surface area contributed by atoms with Gasteiger partial charge in [-0.05, 0) is 25.0 Å². The van der Waals surface area contributed by atoms with Crippen LogP contribution in [0.25, 0.3) is 0 Å². The molecule has 16 heavy (non-hydrogen) atoms. The van der Waals surface area contributed by atoms with Crippen molar-refractivity contribution in [2.24, 2.45) is 0 Å². The van der Waals surface area contributed by atoms with Crippen LogP contribution in [0.15, 0.2) is 24.3 Å². The van der Waals surface area contributed by atoms with Crippen molar-refractivity contribution < 1.29 is 4.79 Å². The molecular weight excluding hydrogens is 200 g/mol. The fourth-order valence-corrected chi connectivity index (χ4v) is 2.08. The second-order valence-corrected chi connectivity index (χ2v) is 4.22. The van der Waals surface area contributed by atoms with Gasteiger partial charge in [0.05, 0.1) is 6.04 Å². The number of hydrogen-bond acceptors (Lipinski definition) is 2. The number of hydrogen-bond donors (Lipinski definition) is 1. The average Bonchev–Trinajstić information content (AvgIpc) is 2.42. The standard InChI is InChI=1S/C13H18N2O/c1-3-8-15-12-7-5-4-6-11(12)9-14-10(2)13(15)16/h4-7,10,14H,3,8-9H2,1-2H3. The smallest absolute Gasteiger partial charge is 0.243 e. The molecule has 3 heteroatoms. The lowest BCUT2D eigenvalue weighted by atomic mass is 10.1. The first kappa shape index (κ1) is 11.1. The maximum atomic E-state index is 12.2. The Labute approximate surface area is 96.5 Å². The van der Waals surface area contributed by atoms with Gasteiger partial charge in [0, 0.05) is 18.8 Å². The number of carbonyl (C=O) groups is 1. The number of rotatable bonds is 2. The van der Waals surface area contributed by atoms with E-state index in [1.807, 2.05) is 30.0 Å². The zero-order valence-corrected chi connectivity index (χ0v) is 9.86. The fraction of sp³-hybridized carbons (Fsp3) is 0.462. The van der Waals surface area contributed by atoms with Crippen LogP contribution in [0.2, 0.25) is 0 Å². The Morgan fingerprint density at radius 2 is 2.19 bits per heavy atom. The maximum absolute atomic E-state index is 12.2. The summed E-state index contributed by atoms with van der Waals surface area (Å²) >= 11 is 0. The zero-order valence-electron chi connectivity index (χ0n) is 9.86. The number of benzene rings is 1. The summed E-state index contributed by atoms with van der Waals surface area (Å²) in [4.78, 5) is 14.1. The third-order valence-electron chi connectivity index (χ3n) is 2.96. The number of fused-ring (bicyclic) bond motifs is 1. The minimum absolute atomic E-state index is 0.0982. The van der Waals surface area contributed by atoms with Gasteiger partial charge in [0.15, 0.2) is 0 Å². The highest BCUT2D eigenvalue weighted by atomic mass is 16.2. The predicted molar refractivity (Wildman–Crippen MR) is 65.4 cm³/mol.